The number of halogens is 1. The molecule has 0 amide bonds. The molecule has 0 fully saturated rings. The fourth-order valence-electron chi connectivity index (χ4n) is 3.69. The molecular formula is C24H19FN4O2. The topological polar surface area (TPSA) is 64.4 Å². The lowest BCUT2D eigenvalue weighted by Crippen LogP contribution is -1.93. The van der Waals surface area contributed by atoms with Gasteiger partial charge in [0.1, 0.15) is 11.5 Å². The Kier molecular flexibility index (Phi) is 4.63. The van der Waals surface area contributed by atoms with Crippen molar-refractivity contribution in [3.8, 4) is 45.1 Å². The van der Waals surface area contributed by atoms with Crippen molar-refractivity contribution in [1.29, 1.82) is 0 Å². The average molecular weight is 414 g/mol. The molecule has 3 aromatic heterocycles. The normalized spacial score (nSPS) is 11.1. The minimum atomic E-state index is -0.274. The van der Waals surface area contributed by atoms with E-state index in [9.17, 15) is 4.39 Å². The van der Waals surface area contributed by atoms with Crippen molar-refractivity contribution in [1.82, 2.24) is 19.6 Å². The molecule has 0 radical (unpaired) electrons. The third-order valence-corrected chi connectivity index (χ3v) is 5.27. The smallest absolute Gasteiger partial charge is 0.161 e. The number of aromatic amines is 1. The number of methoxy groups -OCH3 is 2. The lowest BCUT2D eigenvalue weighted by atomic mass is 10.0. The summed E-state index contributed by atoms with van der Waals surface area (Å²) in [4.78, 5) is 4.53. The van der Waals surface area contributed by atoms with E-state index < -0.39 is 0 Å². The third-order valence-electron chi connectivity index (χ3n) is 5.27. The number of aromatic nitrogens is 4. The number of H-pyrrole nitrogens is 1. The highest BCUT2D eigenvalue weighted by atomic mass is 19.1. The Bertz CT molecular complexity index is 1370. The number of nitrogens with zero attached hydrogens (tertiary/aromatic N) is 3. The van der Waals surface area contributed by atoms with Crippen LogP contribution < -0.4 is 9.47 Å². The predicted octanol–water partition coefficient (Wildman–Crippen LogP) is 5.21. The van der Waals surface area contributed by atoms with Gasteiger partial charge in [-0.15, -0.1) is 0 Å². The summed E-state index contributed by atoms with van der Waals surface area (Å²) in [5.74, 6) is 1.05. The molecule has 6 nitrogen and oxygen atoms in total. The number of hydrogen-bond donors (Lipinski definition) is 1. The molecule has 3 heterocycles. The lowest BCUT2D eigenvalue weighted by Gasteiger charge is -2.10. The molecule has 154 valence electrons. The highest BCUT2D eigenvalue weighted by Crippen LogP contribution is 2.34. The quantitative estimate of drug-likeness (QED) is 0.429. The maximum absolute atomic E-state index is 13.3. The number of ether oxygens (including phenoxy) is 2. The summed E-state index contributed by atoms with van der Waals surface area (Å²) in [5.41, 5.74) is 6.26. The molecule has 2 aromatic carbocycles. The highest BCUT2D eigenvalue weighted by molar-refractivity contribution is 5.81. The Hall–Kier alpha value is -4.13. The van der Waals surface area contributed by atoms with Crippen LogP contribution in [0.4, 0.5) is 4.39 Å². The molecule has 0 unspecified atom stereocenters. The lowest BCUT2D eigenvalue weighted by molar-refractivity contribution is 0.355. The molecule has 0 spiro atoms. The van der Waals surface area contributed by atoms with Gasteiger partial charge in [-0.2, -0.15) is 5.10 Å². The van der Waals surface area contributed by atoms with Gasteiger partial charge in [-0.05, 0) is 54.6 Å². The van der Waals surface area contributed by atoms with Gasteiger partial charge < -0.3 is 9.47 Å². The van der Waals surface area contributed by atoms with Crippen LogP contribution in [0.2, 0.25) is 0 Å². The summed E-state index contributed by atoms with van der Waals surface area (Å²) in [6.07, 6.45) is 5.62. The Morgan fingerprint density at radius 2 is 1.58 bits per heavy atom. The number of benzene rings is 2. The van der Waals surface area contributed by atoms with E-state index in [0.717, 1.165) is 39.3 Å². The summed E-state index contributed by atoms with van der Waals surface area (Å²) in [6.45, 7) is 0. The molecule has 5 aromatic rings. The van der Waals surface area contributed by atoms with Gasteiger partial charge in [0.05, 0.1) is 38.0 Å². The largest absolute Gasteiger partial charge is 0.493 e. The SMILES string of the molecule is COc1ccc(-c2cnc3ccc(-c4cn[nH]c4-c4ccc(F)cc4)cn23)cc1OC. The first kappa shape index (κ1) is 18.9. The summed E-state index contributed by atoms with van der Waals surface area (Å²) >= 11 is 0. The van der Waals surface area contributed by atoms with Crippen LogP contribution in [0.1, 0.15) is 0 Å². The molecule has 0 saturated carbocycles. The van der Waals surface area contributed by atoms with E-state index in [4.69, 9.17) is 9.47 Å². The van der Waals surface area contributed by atoms with Gasteiger partial charge in [0.15, 0.2) is 11.5 Å². The maximum atomic E-state index is 13.3. The third kappa shape index (κ3) is 3.30. The van der Waals surface area contributed by atoms with E-state index in [1.165, 1.54) is 12.1 Å². The van der Waals surface area contributed by atoms with E-state index in [2.05, 4.69) is 15.2 Å². The van der Waals surface area contributed by atoms with E-state index >= 15 is 0 Å². The first-order chi connectivity index (χ1) is 15.2. The monoisotopic (exact) mass is 414 g/mol. The van der Waals surface area contributed by atoms with Crippen LogP contribution in [-0.4, -0.2) is 33.8 Å². The molecule has 1 N–H and O–H groups in total. The number of fused-ring (bicyclic) bond motifs is 1. The minimum Gasteiger partial charge on any atom is -0.493 e. The van der Waals surface area contributed by atoms with Gasteiger partial charge in [-0.1, -0.05) is 0 Å². The summed E-state index contributed by atoms with van der Waals surface area (Å²) < 4.78 is 26.2. The van der Waals surface area contributed by atoms with Crippen LogP contribution in [0.25, 0.3) is 39.3 Å². The molecule has 0 aliphatic heterocycles. The van der Waals surface area contributed by atoms with Crippen molar-refractivity contribution in [3.63, 3.8) is 0 Å². The molecule has 0 aliphatic rings. The van der Waals surface area contributed by atoms with Crippen molar-refractivity contribution in [3.05, 3.63) is 79.0 Å². The van der Waals surface area contributed by atoms with E-state index in [-0.39, 0.29) is 5.82 Å². The van der Waals surface area contributed by atoms with E-state index in [0.29, 0.717) is 11.5 Å². The maximum Gasteiger partial charge on any atom is 0.161 e. The van der Waals surface area contributed by atoms with Crippen molar-refractivity contribution in [2.24, 2.45) is 0 Å². The Morgan fingerprint density at radius 3 is 2.35 bits per heavy atom. The summed E-state index contributed by atoms with van der Waals surface area (Å²) in [5, 5.41) is 7.24. The average Bonchev–Trinajstić information content (AvgIpc) is 3.46. The number of pyridine rings is 1. The highest BCUT2D eigenvalue weighted by Gasteiger charge is 2.14. The fourth-order valence-corrected chi connectivity index (χ4v) is 3.69. The van der Waals surface area contributed by atoms with Crippen molar-refractivity contribution < 1.29 is 13.9 Å². The fraction of sp³-hybridized carbons (Fsp3) is 0.0833. The molecule has 7 heteroatoms. The Labute approximate surface area is 177 Å². The second kappa shape index (κ2) is 7.60. The van der Waals surface area contributed by atoms with E-state index in [1.807, 2.05) is 47.1 Å². The molecule has 0 aliphatic carbocycles. The van der Waals surface area contributed by atoms with Gasteiger partial charge in [-0.25, -0.2) is 9.37 Å². The van der Waals surface area contributed by atoms with Gasteiger partial charge >= 0.3 is 0 Å². The Morgan fingerprint density at radius 1 is 0.839 bits per heavy atom. The number of imidazole rings is 1. The zero-order chi connectivity index (χ0) is 21.4. The van der Waals surface area contributed by atoms with Crippen LogP contribution >= 0.6 is 0 Å². The molecule has 5 rings (SSSR count). The Balaban J connectivity index is 1.61. The molecule has 0 saturated heterocycles. The molecule has 0 bridgehead atoms. The van der Waals surface area contributed by atoms with Gasteiger partial charge in [0.2, 0.25) is 0 Å². The minimum absolute atomic E-state index is 0.274. The first-order valence-corrected chi connectivity index (χ1v) is 9.67. The van der Waals surface area contributed by atoms with Gasteiger partial charge in [0, 0.05) is 28.5 Å². The van der Waals surface area contributed by atoms with Crippen LogP contribution in [0.15, 0.2) is 73.2 Å². The van der Waals surface area contributed by atoms with Crippen molar-refractivity contribution in [2.45, 2.75) is 0 Å². The van der Waals surface area contributed by atoms with Crippen LogP contribution in [0, 0.1) is 5.82 Å². The second-order valence-electron chi connectivity index (χ2n) is 7.02. The number of nitrogens with one attached hydrogen (secondary N) is 1. The van der Waals surface area contributed by atoms with Crippen LogP contribution in [-0.2, 0) is 0 Å². The number of rotatable bonds is 5. The molecular weight excluding hydrogens is 395 g/mol. The summed E-state index contributed by atoms with van der Waals surface area (Å²) in [6, 6.07) is 16.1. The van der Waals surface area contributed by atoms with Crippen molar-refractivity contribution >= 4 is 5.65 Å². The van der Waals surface area contributed by atoms with Gasteiger partial charge in [0.25, 0.3) is 0 Å². The van der Waals surface area contributed by atoms with E-state index in [1.54, 1.807) is 32.5 Å². The van der Waals surface area contributed by atoms with Crippen molar-refractivity contribution in [2.75, 3.05) is 14.2 Å². The van der Waals surface area contributed by atoms with Crippen LogP contribution in [0.5, 0.6) is 11.5 Å². The second-order valence-corrected chi connectivity index (χ2v) is 7.02. The number of hydrogen-bond acceptors (Lipinski definition) is 4. The standard InChI is InChI=1S/C24H19FN4O2/c1-30-21-9-5-16(11-22(21)31-2)20-13-26-23-10-6-17(14-29(20)23)19-12-27-28-24(19)15-3-7-18(25)8-4-15/h3-14H,1-2H3,(H,27,28). The predicted molar refractivity (Wildman–Crippen MR) is 117 cm³/mol. The van der Waals surface area contributed by atoms with Gasteiger partial charge in [-0.3, -0.25) is 9.50 Å². The zero-order valence-corrected chi connectivity index (χ0v) is 17.0. The molecule has 31 heavy (non-hydrogen) atoms. The zero-order valence-electron chi connectivity index (χ0n) is 17.0. The van der Waals surface area contributed by atoms with Crippen LogP contribution in [0.3, 0.4) is 0 Å². The first-order valence-electron chi connectivity index (χ1n) is 9.67. The summed E-state index contributed by atoms with van der Waals surface area (Å²) in [7, 11) is 3.23. The molecule has 0 atom stereocenters.